The van der Waals surface area contributed by atoms with Crippen LogP contribution < -0.4 is 0 Å². The second-order valence-corrected chi connectivity index (χ2v) is 4.41. The Bertz CT molecular complexity index is 461. The van der Waals surface area contributed by atoms with Crippen LogP contribution in [0.25, 0.3) is 0 Å². The van der Waals surface area contributed by atoms with Gasteiger partial charge in [-0.2, -0.15) is 0 Å². The first-order valence-corrected chi connectivity index (χ1v) is 6.07. The minimum absolute atomic E-state index is 0.0874. The Morgan fingerprint density at radius 2 is 2.06 bits per heavy atom. The molecule has 1 rings (SSSR count). The minimum atomic E-state index is -0.832. The standard InChI is InChI=1S/C12H13Cl2NO3/c1-18-15-11(3-2-4-12(16)17)8-5-6-9(13)10(14)7-8/h5-7H,2-4H2,1H3,(H,16,17)/b15-11-. The lowest BCUT2D eigenvalue weighted by Gasteiger charge is -2.06. The van der Waals surface area contributed by atoms with Crippen LogP contribution in [0, 0.1) is 0 Å². The van der Waals surface area contributed by atoms with Gasteiger partial charge in [-0.25, -0.2) is 0 Å². The van der Waals surface area contributed by atoms with Crippen molar-refractivity contribution in [2.45, 2.75) is 19.3 Å². The molecule has 1 N–H and O–H groups in total. The van der Waals surface area contributed by atoms with Crippen LogP contribution in [-0.2, 0) is 9.63 Å². The van der Waals surface area contributed by atoms with Crippen LogP contribution in [0.3, 0.4) is 0 Å². The van der Waals surface area contributed by atoms with Gasteiger partial charge < -0.3 is 9.94 Å². The molecule has 0 unspecified atom stereocenters. The number of halogens is 2. The maximum absolute atomic E-state index is 10.5. The largest absolute Gasteiger partial charge is 0.481 e. The van der Waals surface area contributed by atoms with Gasteiger partial charge in [-0.1, -0.05) is 34.4 Å². The molecule has 0 heterocycles. The van der Waals surface area contributed by atoms with Crippen molar-refractivity contribution >= 4 is 34.9 Å². The van der Waals surface area contributed by atoms with Crippen molar-refractivity contribution < 1.29 is 14.7 Å². The number of rotatable bonds is 6. The first-order valence-electron chi connectivity index (χ1n) is 5.32. The van der Waals surface area contributed by atoms with E-state index in [1.54, 1.807) is 18.2 Å². The van der Waals surface area contributed by atoms with Gasteiger partial charge >= 0.3 is 5.97 Å². The minimum Gasteiger partial charge on any atom is -0.481 e. The molecule has 0 amide bonds. The second-order valence-electron chi connectivity index (χ2n) is 3.60. The average molecular weight is 290 g/mol. The summed E-state index contributed by atoms with van der Waals surface area (Å²) in [6.45, 7) is 0. The molecule has 0 saturated carbocycles. The molecule has 6 heteroatoms. The quantitative estimate of drug-likeness (QED) is 0.643. The Balaban J connectivity index is 2.81. The van der Waals surface area contributed by atoms with Crippen LogP contribution in [-0.4, -0.2) is 23.9 Å². The molecule has 0 aliphatic heterocycles. The van der Waals surface area contributed by atoms with E-state index < -0.39 is 5.97 Å². The summed E-state index contributed by atoms with van der Waals surface area (Å²) in [4.78, 5) is 15.2. The fraction of sp³-hybridized carbons (Fsp3) is 0.333. The van der Waals surface area contributed by atoms with Gasteiger partial charge in [-0.3, -0.25) is 4.79 Å². The van der Waals surface area contributed by atoms with Gasteiger partial charge in [0.25, 0.3) is 0 Å². The predicted molar refractivity (Wildman–Crippen MR) is 71.5 cm³/mol. The van der Waals surface area contributed by atoms with Crippen molar-refractivity contribution in [1.82, 2.24) is 0 Å². The zero-order chi connectivity index (χ0) is 13.5. The third-order valence-corrected chi connectivity index (χ3v) is 3.00. The van der Waals surface area contributed by atoms with Crippen LogP contribution in [0.1, 0.15) is 24.8 Å². The summed E-state index contributed by atoms with van der Waals surface area (Å²) in [6, 6.07) is 5.12. The molecule has 1 aromatic rings. The van der Waals surface area contributed by atoms with Crippen molar-refractivity contribution in [3.05, 3.63) is 33.8 Å². The summed E-state index contributed by atoms with van der Waals surface area (Å²) in [5, 5.41) is 13.4. The van der Waals surface area contributed by atoms with Gasteiger partial charge in [-0.15, -0.1) is 0 Å². The SMILES string of the molecule is CO/N=C(/CCCC(=O)O)c1ccc(Cl)c(Cl)c1. The molecule has 0 aliphatic rings. The van der Waals surface area contributed by atoms with Crippen molar-refractivity contribution in [2.24, 2.45) is 5.16 Å². The number of carboxylic acid groups (broad SMARTS) is 1. The lowest BCUT2D eigenvalue weighted by molar-refractivity contribution is -0.137. The highest BCUT2D eigenvalue weighted by atomic mass is 35.5. The molecular weight excluding hydrogens is 277 g/mol. The molecule has 4 nitrogen and oxygen atoms in total. The highest BCUT2D eigenvalue weighted by molar-refractivity contribution is 6.42. The van der Waals surface area contributed by atoms with E-state index in [4.69, 9.17) is 33.1 Å². The fourth-order valence-corrected chi connectivity index (χ4v) is 1.73. The zero-order valence-corrected chi connectivity index (χ0v) is 11.3. The van der Waals surface area contributed by atoms with Gasteiger partial charge in [0, 0.05) is 12.0 Å². The normalized spacial score (nSPS) is 11.4. The number of oxime groups is 1. The van der Waals surface area contributed by atoms with Gasteiger partial charge in [0.1, 0.15) is 7.11 Å². The molecule has 0 spiro atoms. The first kappa shape index (κ1) is 14.8. The fourth-order valence-electron chi connectivity index (χ4n) is 1.44. The molecule has 0 aromatic heterocycles. The molecule has 0 radical (unpaired) electrons. The number of carboxylic acids is 1. The van der Waals surface area contributed by atoms with Gasteiger partial charge in [0.15, 0.2) is 0 Å². The summed E-state index contributed by atoms with van der Waals surface area (Å²) in [5.41, 5.74) is 1.42. The van der Waals surface area contributed by atoms with Crippen LogP contribution in [0.2, 0.25) is 10.0 Å². The Labute approximate surface area is 115 Å². The van der Waals surface area contributed by atoms with E-state index in [9.17, 15) is 4.79 Å². The smallest absolute Gasteiger partial charge is 0.303 e. The van der Waals surface area contributed by atoms with E-state index >= 15 is 0 Å². The zero-order valence-electron chi connectivity index (χ0n) is 9.82. The number of hydrogen-bond acceptors (Lipinski definition) is 3. The first-order chi connectivity index (χ1) is 8.54. The lowest BCUT2D eigenvalue weighted by Crippen LogP contribution is -2.04. The maximum atomic E-state index is 10.5. The summed E-state index contributed by atoms with van der Waals surface area (Å²) in [7, 11) is 1.44. The van der Waals surface area contributed by atoms with Crippen molar-refractivity contribution in [3.63, 3.8) is 0 Å². The number of aliphatic carboxylic acids is 1. The molecule has 98 valence electrons. The Morgan fingerprint density at radius 3 is 2.61 bits per heavy atom. The topological polar surface area (TPSA) is 58.9 Å². The van der Waals surface area contributed by atoms with Crippen LogP contribution in [0.15, 0.2) is 23.4 Å². The summed E-state index contributed by atoms with van der Waals surface area (Å²) in [5.74, 6) is -0.832. The summed E-state index contributed by atoms with van der Waals surface area (Å²) >= 11 is 11.7. The molecule has 0 atom stereocenters. The van der Waals surface area contributed by atoms with E-state index in [1.807, 2.05) is 0 Å². The molecular formula is C12H13Cl2NO3. The molecule has 1 aromatic carbocycles. The Kier molecular flexibility index (Phi) is 5.95. The summed E-state index contributed by atoms with van der Waals surface area (Å²) in [6.07, 6.45) is 1.07. The van der Waals surface area contributed by atoms with Crippen molar-refractivity contribution in [1.29, 1.82) is 0 Å². The van der Waals surface area contributed by atoms with Crippen LogP contribution in [0.5, 0.6) is 0 Å². The highest BCUT2D eigenvalue weighted by Gasteiger charge is 2.08. The number of carbonyl (C=O) groups is 1. The maximum Gasteiger partial charge on any atom is 0.303 e. The number of benzene rings is 1. The summed E-state index contributed by atoms with van der Waals surface area (Å²) < 4.78 is 0. The monoisotopic (exact) mass is 289 g/mol. The lowest BCUT2D eigenvalue weighted by atomic mass is 10.0. The number of hydrogen-bond donors (Lipinski definition) is 1. The predicted octanol–water partition coefficient (Wildman–Crippen LogP) is 3.60. The molecule has 18 heavy (non-hydrogen) atoms. The Hall–Kier alpha value is -1.26. The highest BCUT2D eigenvalue weighted by Crippen LogP contribution is 2.23. The van der Waals surface area contributed by atoms with Crippen molar-refractivity contribution in [3.8, 4) is 0 Å². The van der Waals surface area contributed by atoms with E-state index in [2.05, 4.69) is 5.16 Å². The third-order valence-electron chi connectivity index (χ3n) is 2.26. The van der Waals surface area contributed by atoms with E-state index in [0.29, 0.717) is 28.6 Å². The van der Waals surface area contributed by atoms with Gasteiger partial charge in [0.05, 0.1) is 15.8 Å². The molecule has 0 saturated heterocycles. The molecule has 0 bridgehead atoms. The van der Waals surface area contributed by atoms with Crippen molar-refractivity contribution in [2.75, 3.05) is 7.11 Å². The van der Waals surface area contributed by atoms with Gasteiger partial charge in [-0.05, 0) is 25.0 Å². The molecule has 0 aliphatic carbocycles. The molecule has 0 fully saturated rings. The van der Waals surface area contributed by atoms with Gasteiger partial charge in [0.2, 0.25) is 0 Å². The van der Waals surface area contributed by atoms with E-state index in [-0.39, 0.29) is 6.42 Å². The second kappa shape index (κ2) is 7.24. The van der Waals surface area contributed by atoms with Crippen LogP contribution >= 0.6 is 23.2 Å². The van der Waals surface area contributed by atoms with E-state index in [1.165, 1.54) is 7.11 Å². The van der Waals surface area contributed by atoms with E-state index in [0.717, 1.165) is 5.56 Å². The Morgan fingerprint density at radius 1 is 1.33 bits per heavy atom. The average Bonchev–Trinajstić information content (AvgIpc) is 2.31. The van der Waals surface area contributed by atoms with Crippen LogP contribution in [0.4, 0.5) is 0 Å². The number of nitrogens with zero attached hydrogens (tertiary/aromatic N) is 1. The third kappa shape index (κ3) is 4.55.